The van der Waals surface area contributed by atoms with Crippen molar-refractivity contribution in [3.63, 3.8) is 0 Å². The summed E-state index contributed by atoms with van der Waals surface area (Å²) >= 11 is 0. The van der Waals surface area contributed by atoms with Crippen LogP contribution in [-0.4, -0.2) is 30.0 Å². The number of halogens is 7. The van der Waals surface area contributed by atoms with Gasteiger partial charge in [0.25, 0.3) is 0 Å². The molecule has 2 rings (SSSR count). The number of amidine groups is 1. The molecule has 12 heteroatoms. The monoisotopic (exact) mass is 486 g/mol. The zero-order chi connectivity index (χ0) is 25.7. The van der Waals surface area contributed by atoms with Crippen LogP contribution in [0.15, 0.2) is 64.2 Å². The van der Waals surface area contributed by atoms with Crippen molar-refractivity contribution in [3.05, 3.63) is 82.5 Å². The first-order valence-electron chi connectivity index (χ1n) is 9.33. The van der Waals surface area contributed by atoms with E-state index in [0.29, 0.717) is 17.7 Å². The van der Waals surface area contributed by atoms with Gasteiger partial charge in [-0.1, -0.05) is 6.08 Å². The van der Waals surface area contributed by atoms with Gasteiger partial charge in [-0.05, 0) is 48.9 Å². The van der Waals surface area contributed by atoms with Crippen molar-refractivity contribution in [3.8, 4) is 0 Å². The Bertz CT molecular complexity index is 1140. The number of hydrogen-bond acceptors (Lipinski definition) is 3. The van der Waals surface area contributed by atoms with Gasteiger partial charge in [-0.2, -0.15) is 30.7 Å². The van der Waals surface area contributed by atoms with Gasteiger partial charge < -0.3 is 5.73 Å². The van der Waals surface area contributed by atoms with Gasteiger partial charge >= 0.3 is 12.4 Å². The Balaban J connectivity index is 2.41. The predicted molar refractivity (Wildman–Crippen MR) is 113 cm³/mol. The smallest absolute Gasteiger partial charge is 0.366 e. The van der Waals surface area contributed by atoms with Crippen LogP contribution >= 0.6 is 0 Å². The van der Waals surface area contributed by atoms with E-state index in [2.05, 4.69) is 15.0 Å². The summed E-state index contributed by atoms with van der Waals surface area (Å²) in [5, 5.41) is 0. The average Bonchev–Trinajstić information content (AvgIpc) is 2.74. The van der Waals surface area contributed by atoms with Crippen molar-refractivity contribution in [2.45, 2.75) is 19.3 Å². The molecule has 0 saturated carbocycles. The molecule has 0 aliphatic heterocycles. The third-order valence-corrected chi connectivity index (χ3v) is 4.26. The number of primary amides is 1. The molecule has 0 aliphatic carbocycles. The van der Waals surface area contributed by atoms with Crippen molar-refractivity contribution in [1.29, 1.82) is 0 Å². The number of nitrogens with two attached hydrogens (primary N) is 1. The van der Waals surface area contributed by atoms with Crippen LogP contribution in [0.4, 0.5) is 30.7 Å². The molecule has 2 aromatic rings. The minimum atomic E-state index is -5.01. The number of carbonyl (C=O) groups is 1. The summed E-state index contributed by atoms with van der Waals surface area (Å²) in [6.45, 7) is 1.50. The molecule has 1 aromatic heterocycles. The second kappa shape index (κ2) is 10.4. The summed E-state index contributed by atoms with van der Waals surface area (Å²) in [6.07, 6.45) is -5.15. The Morgan fingerprint density at radius 3 is 2.00 bits per heavy atom. The maximum Gasteiger partial charge on any atom is 0.416 e. The van der Waals surface area contributed by atoms with E-state index < -0.39 is 40.9 Å². The van der Waals surface area contributed by atoms with Crippen molar-refractivity contribution in [2.24, 2.45) is 15.7 Å². The fourth-order valence-corrected chi connectivity index (χ4v) is 2.62. The fourth-order valence-electron chi connectivity index (χ4n) is 2.62. The van der Waals surface area contributed by atoms with Gasteiger partial charge in [0.05, 0.1) is 11.1 Å². The van der Waals surface area contributed by atoms with E-state index in [0.717, 1.165) is 25.5 Å². The summed E-state index contributed by atoms with van der Waals surface area (Å²) < 4.78 is 91.6. The molecule has 0 saturated heterocycles. The quantitative estimate of drug-likeness (QED) is 0.157. The van der Waals surface area contributed by atoms with Gasteiger partial charge in [0.15, 0.2) is 5.84 Å². The number of benzene rings is 1. The summed E-state index contributed by atoms with van der Waals surface area (Å²) in [4.78, 5) is 22.7. The Morgan fingerprint density at radius 1 is 0.971 bits per heavy atom. The highest BCUT2D eigenvalue weighted by atomic mass is 19.4. The number of amides is 1. The van der Waals surface area contributed by atoms with Crippen LogP contribution in [0, 0.1) is 5.95 Å². The molecule has 1 aromatic carbocycles. The average molecular weight is 486 g/mol. The number of aromatic nitrogens is 1. The highest BCUT2D eigenvalue weighted by Crippen LogP contribution is 2.36. The molecule has 0 unspecified atom stereocenters. The van der Waals surface area contributed by atoms with E-state index in [-0.39, 0.29) is 23.0 Å². The molecule has 0 fully saturated rings. The van der Waals surface area contributed by atoms with Gasteiger partial charge in [0.1, 0.15) is 0 Å². The molecule has 5 nitrogen and oxygen atoms in total. The molecule has 180 valence electrons. The molecule has 34 heavy (non-hydrogen) atoms. The van der Waals surface area contributed by atoms with Crippen LogP contribution in [-0.2, 0) is 17.1 Å². The summed E-state index contributed by atoms with van der Waals surface area (Å²) in [5.74, 6) is -1.99. The molecule has 0 bridgehead atoms. The van der Waals surface area contributed by atoms with Crippen LogP contribution in [0.5, 0.6) is 0 Å². The molecule has 0 radical (unpaired) electrons. The Labute approximate surface area is 189 Å². The maximum atomic E-state index is 13.1. The molecular weight excluding hydrogens is 469 g/mol. The molecular formula is C22H17F7N4O. The number of nitrogens with zero attached hydrogens (tertiary/aromatic N) is 3. The lowest BCUT2D eigenvalue weighted by molar-refractivity contribution is -0.143. The van der Waals surface area contributed by atoms with Gasteiger partial charge in [-0.15, -0.1) is 0 Å². The first-order valence-corrected chi connectivity index (χ1v) is 9.33. The number of hydrogen-bond donors (Lipinski definition) is 1. The highest BCUT2D eigenvalue weighted by Gasteiger charge is 2.37. The lowest BCUT2D eigenvalue weighted by atomic mass is 10.0. The van der Waals surface area contributed by atoms with Gasteiger partial charge in [0.2, 0.25) is 11.9 Å². The van der Waals surface area contributed by atoms with Crippen molar-refractivity contribution < 1.29 is 35.5 Å². The topological polar surface area (TPSA) is 80.7 Å². The van der Waals surface area contributed by atoms with E-state index in [1.165, 1.54) is 25.1 Å². The second-order valence-electron chi connectivity index (χ2n) is 6.82. The Hall–Kier alpha value is -3.83. The Kier molecular flexibility index (Phi) is 8.08. The molecule has 2 N–H and O–H groups in total. The zero-order valence-corrected chi connectivity index (χ0v) is 17.7. The van der Waals surface area contributed by atoms with E-state index in [4.69, 9.17) is 5.73 Å². The lowest BCUT2D eigenvalue weighted by Gasteiger charge is -2.14. The number of rotatable bonds is 5. The van der Waals surface area contributed by atoms with Crippen LogP contribution in [0.1, 0.15) is 29.2 Å². The van der Waals surface area contributed by atoms with Crippen molar-refractivity contribution in [2.75, 3.05) is 7.05 Å². The minimum Gasteiger partial charge on any atom is -0.366 e. The van der Waals surface area contributed by atoms with Crippen LogP contribution in [0.3, 0.4) is 0 Å². The fraction of sp³-hybridized carbons (Fsp3) is 0.182. The minimum absolute atomic E-state index is 0.00606. The van der Waals surface area contributed by atoms with Crippen LogP contribution in [0.2, 0.25) is 0 Å². The Morgan fingerprint density at radius 2 is 1.56 bits per heavy atom. The van der Waals surface area contributed by atoms with E-state index in [1.807, 2.05) is 0 Å². The summed E-state index contributed by atoms with van der Waals surface area (Å²) in [7, 11) is 1.16. The number of carbonyl (C=O) groups excluding carboxylic acids is 1. The number of aliphatic imine (C=N–C) groups is 2. The van der Waals surface area contributed by atoms with Crippen molar-refractivity contribution in [1.82, 2.24) is 4.98 Å². The molecule has 0 spiro atoms. The van der Waals surface area contributed by atoms with E-state index >= 15 is 0 Å². The number of pyridine rings is 1. The van der Waals surface area contributed by atoms with Gasteiger partial charge in [-0.3, -0.25) is 9.79 Å². The zero-order valence-electron chi connectivity index (χ0n) is 17.7. The molecule has 1 amide bonds. The standard InChI is InChI=1S/C22H17F7N4O/c1-12(3-5-17(19(30)34)13-4-6-18(23)32-11-13)10-33-20(31-2)14-7-15(21(24,25)26)9-16(8-14)22(27,28)29/h3-11H,1-2H3,(H2,30,34)/b12-3-,17-5+,31-20-,33-10-. The molecule has 0 aliphatic rings. The van der Waals surface area contributed by atoms with E-state index in [9.17, 15) is 35.5 Å². The van der Waals surface area contributed by atoms with Crippen LogP contribution in [0.25, 0.3) is 5.57 Å². The molecule has 0 atom stereocenters. The molecule has 1 heterocycles. The summed E-state index contributed by atoms with van der Waals surface area (Å²) in [6, 6.07) is 3.34. The first-order chi connectivity index (χ1) is 15.7. The van der Waals surface area contributed by atoms with Gasteiger partial charge in [-0.25, -0.2) is 9.98 Å². The second-order valence-corrected chi connectivity index (χ2v) is 6.82. The number of alkyl halides is 6. The third kappa shape index (κ3) is 7.09. The lowest BCUT2D eigenvalue weighted by Crippen LogP contribution is -2.13. The normalized spacial score (nSPS) is 14.1. The van der Waals surface area contributed by atoms with E-state index in [1.54, 1.807) is 0 Å². The van der Waals surface area contributed by atoms with Crippen molar-refractivity contribution >= 4 is 23.5 Å². The van der Waals surface area contributed by atoms with Gasteiger partial charge in [0, 0.05) is 36.2 Å². The largest absolute Gasteiger partial charge is 0.416 e. The maximum absolute atomic E-state index is 13.1. The SMILES string of the molecule is C\N=C(/N=C\C(C)=C/C=C(/C(N)=O)c1ccc(F)nc1)c1cc(C(F)(F)F)cc(C(F)(F)F)c1. The highest BCUT2D eigenvalue weighted by molar-refractivity contribution is 6.19. The first kappa shape index (κ1) is 26.4. The predicted octanol–water partition coefficient (Wildman–Crippen LogP) is 5.22. The third-order valence-electron chi connectivity index (χ3n) is 4.26. The number of allylic oxidation sites excluding steroid dienone is 3. The summed E-state index contributed by atoms with van der Waals surface area (Å²) in [5.41, 5.74) is 2.40. The van der Waals surface area contributed by atoms with Crippen LogP contribution < -0.4 is 5.73 Å².